The zero-order chi connectivity index (χ0) is 12.0. The van der Waals surface area contributed by atoms with Gasteiger partial charge in [-0.2, -0.15) is 0 Å². The molecule has 2 amide bonds. The maximum Gasteiger partial charge on any atom is 0.245 e. The maximum atomic E-state index is 11.6. The van der Waals surface area contributed by atoms with Crippen LogP contribution in [-0.4, -0.2) is 36.1 Å². The number of carbonyl (C=O) groups excluding carboxylic acids is 2. The quantitative estimate of drug-likeness (QED) is 0.570. The number of carbonyl (C=O) groups is 2. The molecule has 0 aromatic carbocycles. The van der Waals surface area contributed by atoms with E-state index < -0.39 is 6.04 Å². The van der Waals surface area contributed by atoms with Gasteiger partial charge in [0, 0.05) is 6.04 Å². The van der Waals surface area contributed by atoms with Crippen molar-refractivity contribution in [2.24, 2.45) is 5.92 Å². The van der Waals surface area contributed by atoms with Gasteiger partial charge in [0.15, 0.2) is 0 Å². The van der Waals surface area contributed by atoms with Gasteiger partial charge in [0.25, 0.3) is 0 Å². The number of hydrogen-bond donors (Lipinski definition) is 3. The minimum absolute atomic E-state index is 0.186. The predicted octanol–water partition coefficient (Wildman–Crippen LogP) is -0.212. The van der Waals surface area contributed by atoms with E-state index in [-0.39, 0.29) is 18.6 Å². The second-order valence-corrected chi connectivity index (χ2v) is 4.49. The van der Waals surface area contributed by atoms with Gasteiger partial charge in [-0.1, -0.05) is 6.92 Å². The summed E-state index contributed by atoms with van der Waals surface area (Å²) < 4.78 is 0. The smallest absolute Gasteiger partial charge is 0.245 e. The summed E-state index contributed by atoms with van der Waals surface area (Å²) in [4.78, 5) is 21.8. The Hall–Kier alpha value is -1.10. The molecule has 1 unspecified atom stereocenters. The van der Waals surface area contributed by atoms with Crippen molar-refractivity contribution < 1.29 is 14.7 Å². The highest BCUT2D eigenvalue weighted by Gasteiger charge is 2.23. The lowest BCUT2D eigenvalue weighted by Crippen LogP contribution is -2.49. The summed E-state index contributed by atoms with van der Waals surface area (Å²) in [5.41, 5.74) is 0. The molecular formula is C11H20N2O3. The van der Waals surface area contributed by atoms with E-state index in [0.29, 0.717) is 6.41 Å². The van der Waals surface area contributed by atoms with Crippen LogP contribution in [0.3, 0.4) is 0 Å². The van der Waals surface area contributed by atoms with Crippen LogP contribution in [0.5, 0.6) is 0 Å². The first-order valence-electron chi connectivity index (χ1n) is 5.78. The van der Waals surface area contributed by atoms with Gasteiger partial charge in [0.1, 0.15) is 6.04 Å². The van der Waals surface area contributed by atoms with Gasteiger partial charge in [-0.25, -0.2) is 0 Å². The van der Waals surface area contributed by atoms with E-state index in [1.54, 1.807) is 0 Å². The first kappa shape index (κ1) is 13.0. The molecule has 1 atom stereocenters. The topological polar surface area (TPSA) is 78.4 Å². The number of rotatable bonds is 5. The van der Waals surface area contributed by atoms with Crippen molar-refractivity contribution in [3.63, 3.8) is 0 Å². The molecule has 5 nitrogen and oxygen atoms in total. The Kier molecular flexibility index (Phi) is 5.25. The molecule has 0 spiro atoms. The van der Waals surface area contributed by atoms with Crippen LogP contribution in [0.2, 0.25) is 0 Å². The second-order valence-electron chi connectivity index (χ2n) is 4.49. The fourth-order valence-corrected chi connectivity index (χ4v) is 2.00. The SMILES string of the molecule is CC1CCC(NC(=O)C(CO)NC=O)CC1. The van der Waals surface area contributed by atoms with Crippen LogP contribution in [-0.2, 0) is 9.59 Å². The molecule has 1 aliphatic carbocycles. The number of amides is 2. The molecule has 0 radical (unpaired) electrons. The van der Waals surface area contributed by atoms with Gasteiger partial charge in [-0.05, 0) is 31.6 Å². The maximum absolute atomic E-state index is 11.6. The fraction of sp³-hybridized carbons (Fsp3) is 0.818. The number of aliphatic hydroxyl groups is 1. The molecule has 3 N–H and O–H groups in total. The van der Waals surface area contributed by atoms with Crippen molar-refractivity contribution >= 4 is 12.3 Å². The molecular weight excluding hydrogens is 208 g/mol. The van der Waals surface area contributed by atoms with Crippen LogP contribution in [0, 0.1) is 5.92 Å². The van der Waals surface area contributed by atoms with Crippen LogP contribution in [0.1, 0.15) is 32.6 Å². The van der Waals surface area contributed by atoms with Gasteiger partial charge in [0.05, 0.1) is 6.61 Å². The minimum Gasteiger partial charge on any atom is -0.394 e. The number of hydrogen-bond acceptors (Lipinski definition) is 3. The Morgan fingerprint density at radius 1 is 1.44 bits per heavy atom. The van der Waals surface area contributed by atoms with E-state index in [1.807, 2.05) is 0 Å². The molecule has 1 rings (SSSR count). The third-order valence-electron chi connectivity index (χ3n) is 3.13. The fourth-order valence-electron chi connectivity index (χ4n) is 2.00. The average Bonchev–Trinajstić information content (AvgIpc) is 2.29. The molecule has 0 bridgehead atoms. The molecule has 92 valence electrons. The molecule has 0 aliphatic heterocycles. The lowest BCUT2D eigenvalue weighted by molar-refractivity contribution is -0.127. The van der Waals surface area contributed by atoms with E-state index in [9.17, 15) is 9.59 Å². The van der Waals surface area contributed by atoms with Crippen LogP contribution in [0.25, 0.3) is 0 Å². The monoisotopic (exact) mass is 228 g/mol. The first-order valence-corrected chi connectivity index (χ1v) is 5.78. The van der Waals surface area contributed by atoms with E-state index in [1.165, 1.54) is 0 Å². The van der Waals surface area contributed by atoms with Crippen molar-refractivity contribution in [1.82, 2.24) is 10.6 Å². The van der Waals surface area contributed by atoms with Crippen molar-refractivity contribution in [3.05, 3.63) is 0 Å². The number of aliphatic hydroxyl groups excluding tert-OH is 1. The van der Waals surface area contributed by atoms with E-state index in [2.05, 4.69) is 17.6 Å². The zero-order valence-corrected chi connectivity index (χ0v) is 9.61. The molecule has 1 fully saturated rings. The summed E-state index contributed by atoms with van der Waals surface area (Å²) in [6.07, 6.45) is 4.63. The highest BCUT2D eigenvalue weighted by Crippen LogP contribution is 2.23. The number of nitrogens with one attached hydrogen (secondary N) is 2. The Balaban J connectivity index is 2.35. The molecule has 16 heavy (non-hydrogen) atoms. The summed E-state index contributed by atoms with van der Waals surface area (Å²) in [5.74, 6) is 0.434. The average molecular weight is 228 g/mol. The Labute approximate surface area is 95.6 Å². The molecule has 1 saturated carbocycles. The molecule has 5 heteroatoms. The van der Waals surface area contributed by atoms with Crippen LogP contribution in [0.4, 0.5) is 0 Å². The van der Waals surface area contributed by atoms with Crippen molar-refractivity contribution in [2.75, 3.05) is 6.61 Å². The summed E-state index contributed by atoms with van der Waals surface area (Å²) in [7, 11) is 0. The van der Waals surface area contributed by atoms with E-state index in [4.69, 9.17) is 5.11 Å². The molecule has 0 aromatic heterocycles. The van der Waals surface area contributed by atoms with Crippen molar-refractivity contribution in [2.45, 2.75) is 44.7 Å². The van der Waals surface area contributed by atoms with E-state index >= 15 is 0 Å². The van der Waals surface area contributed by atoms with Crippen LogP contribution in [0.15, 0.2) is 0 Å². The molecule has 1 aliphatic rings. The third-order valence-corrected chi connectivity index (χ3v) is 3.13. The van der Waals surface area contributed by atoms with Crippen LogP contribution >= 0.6 is 0 Å². The predicted molar refractivity (Wildman–Crippen MR) is 59.6 cm³/mol. The van der Waals surface area contributed by atoms with Gasteiger partial charge in [0.2, 0.25) is 12.3 Å². The minimum atomic E-state index is -0.822. The third kappa shape index (κ3) is 3.81. The summed E-state index contributed by atoms with van der Waals surface area (Å²) in [6, 6.07) is -0.636. The van der Waals surface area contributed by atoms with Gasteiger partial charge < -0.3 is 15.7 Å². The highest BCUT2D eigenvalue weighted by molar-refractivity contribution is 5.83. The molecule has 0 aromatic rings. The normalized spacial score (nSPS) is 26.9. The Morgan fingerprint density at radius 3 is 2.56 bits per heavy atom. The second kappa shape index (κ2) is 6.48. The van der Waals surface area contributed by atoms with Crippen LogP contribution < -0.4 is 10.6 Å². The Bertz CT molecular complexity index is 237. The summed E-state index contributed by atoms with van der Waals surface area (Å²) in [5, 5.41) is 14.1. The zero-order valence-electron chi connectivity index (χ0n) is 9.61. The standard InChI is InChI=1S/C11H20N2O3/c1-8-2-4-9(5-3-8)13-11(16)10(6-14)12-7-15/h7-10,14H,2-6H2,1H3,(H,12,15)(H,13,16). The molecule has 0 heterocycles. The van der Waals surface area contributed by atoms with Gasteiger partial charge >= 0.3 is 0 Å². The van der Waals surface area contributed by atoms with Crippen molar-refractivity contribution in [1.29, 1.82) is 0 Å². The van der Waals surface area contributed by atoms with Gasteiger partial charge in [-0.3, -0.25) is 9.59 Å². The summed E-state index contributed by atoms with van der Waals surface area (Å²) in [6.45, 7) is 1.84. The molecule has 0 saturated heterocycles. The summed E-state index contributed by atoms with van der Waals surface area (Å²) >= 11 is 0. The van der Waals surface area contributed by atoms with Gasteiger partial charge in [-0.15, -0.1) is 0 Å². The lowest BCUT2D eigenvalue weighted by atomic mass is 9.87. The van der Waals surface area contributed by atoms with E-state index in [0.717, 1.165) is 31.6 Å². The highest BCUT2D eigenvalue weighted by atomic mass is 16.3. The largest absolute Gasteiger partial charge is 0.394 e. The lowest BCUT2D eigenvalue weighted by Gasteiger charge is -2.28. The van der Waals surface area contributed by atoms with Crippen molar-refractivity contribution in [3.8, 4) is 0 Å². The first-order chi connectivity index (χ1) is 7.67. The Morgan fingerprint density at radius 2 is 2.06 bits per heavy atom.